The van der Waals surface area contributed by atoms with E-state index in [-0.39, 0.29) is 17.6 Å². The monoisotopic (exact) mass is 320 g/mol. The minimum Gasteiger partial charge on any atom is -0.473 e. The fourth-order valence-electron chi connectivity index (χ4n) is 2.63. The second-order valence-electron chi connectivity index (χ2n) is 7.29. The van der Waals surface area contributed by atoms with Gasteiger partial charge in [0.05, 0.1) is 17.9 Å². The van der Waals surface area contributed by atoms with Crippen molar-refractivity contribution in [2.75, 3.05) is 19.6 Å². The lowest BCUT2D eigenvalue weighted by molar-refractivity contribution is -0.124. The van der Waals surface area contributed by atoms with Crippen LogP contribution in [0.3, 0.4) is 0 Å². The lowest BCUT2D eigenvalue weighted by Gasteiger charge is -2.32. The molecule has 0 spiro atoms. The van der Waals surface area contributed by atoms with E-state index in [0.29, 0.717) is 12.4 Å². The van der Waals surface area contributed by atoms with E-state index in [1.54, 1.807) is 6.20 Å². The van der Waals surface area contributed by atoms with Gasteiger partial charge in [0.1, 0.15) is 6.10 Å². The van der Waals surface area contributed by atoms with Gasteiger partial charge in [0, 0.05) is 24.8 Å². The Hall–Kier alpha value is -1.69. The van der Waals surface area contributed by atoms with E-state index in [1.807, 2.05) is 34.6 Å². The predicted octanol–water partition coefficient (Wildman–Crippen LogP) is 1.85. The van der Waals surface area contributed by atoms with Crippen molar-refractivity contribution < 1.29 is 9.53 Å². The first-order valence-corrected chi connectivity index (χ1v) is 8.23. The molecule has 2 rings (SSSR count). The van der Waals surface area contributed by atoms with Gasteiger partial charge in [-0.25, -0.2) is 4.98 Å². The van der Waals surface area contributed by atoms with Crippen LogP contribution in [-0.4, -0.2) is 52.1 Å². The van der Waals surface area contributed by atoms with Crippen molar-refractivity contribution in [3.05, 3.63) is 17.6 Å². The SMILES string of the molecule is Cc1cnc(C)c(OC2CCN(CC(=O)NC(C)(C)C)CC2)n1. The number of rotatable bonds is 4. The van der Waals surface area contributed by atoms with Crippen LogP contribution in [0.5, 0.6) is 5.88 Å². The molecule has 0 aromatic carbocycles. The average Bonchev–Trinajstić information content (AvgIpc) is 2.43. The Morgan fingerprint density at radius 2 is 2.00 bits per heavy atom. The Morgan fingerprint density at radius 1 is 1.35 bits per heavy atom. The summed E-state index contributed by atoms with van der Waals surface area (Å²) in [7, 11) is 0. The Morgan fingerprint density at radius 3 is 2.61 bits per heavy atom. The fraction of sp³-hybridized carbons (Fsp3) is 0.706. The van der Waals surface area contributed by atoms with Crippen LogP contribution in [0.15, 0.2) is 6.20 Å². The van der Waals surface area contributed by atoms with Gasteiger partial charge in [-0.2, -0.15) is 0 Å². The maximum atomic E-state index is 12.0. The van der Waals surface area contributed by atoms with Crippen LogP contribution in [0.2, 0.25) is 0 Å². The summed E-state index contributed by atoms with van der Waals surface area (Å²) in [5, 5.41) is 3.00. The zero-order chi connectivity index (χ0) is 17.0. The summed E-state index contributed by atoms with van der Waals surface area (Å²) in [6.45, 7) is 12.0. The van der Waals surface area contributed by atoms with Crippen molar-refractivity contribution in [3.63, 3.8) is 0 Å². The molecule has 0 unspecified atom stereocenters. The number of aryl methyl sites for hydroxylation is 2. The summed E-state index contributed by atoms with van der Waals surface area (Å²) in [5.74, 6) is 0.714. The summed E-state index contributed by atoms with van der Waals surface area (Å²) >= 11 is 0. The van der Waals surface area contributed by atoms with Gasteiger partial charge in [-0.3, -0.25) is 14.7 Å². The molecule has 1 aromatic rings. The number of carbonyl (C=O) groups is 1. The van der Waals surface area contributed by atoms with E-state index < -0.39 is 0 Å². The van der Waals surface area contributed by atoms with E-state index in [2.05, 4.69) is 20.2 Å². The summed E-state index contributed by atoms with van der Waals surface area (Å²) in [5.41, 5.74) is 1.50. The molecule has 23 heavy (non-hydrogen) atoms. The summed E-state index contributed by atoms with van der Waals surface area (Å²) < 4.78 is 6.00. The number of likely N-dealkylation sites (tertiary alicyclic amines) is 1. The molecule has 6 heteroatoms. The van der Waals surface area contributed by atoms with E-state index in [9.17, 15) is 4.79 Å². The molecular formula is C17H28N4O2. The Kier molecular flexibility index (Phi) is 5.57. The Balaban J connectivity index is 1.80. The smallest absolute Gasteiger partial charge is 0.235 e. The number of hydrogen-bond donors (Lipinski definition) is 1. The molecule has 1 aromatic heterocycles. The van der Waals surface area contributed by atoms with Gasteiger partial charge in [0.25, 0.3) is 0 Å². The second kappa shape index (κ2) is 7.25. The van der Waals surface area contributed by atoms with Crippen molar-refractivity contribution in [3.8, 4) is 5.88 Å². The first-order valence-electron chi connectivity index (χ1n) is 8.23. The zero-order valence-electron chi connectivity index (χ0n) is 14.8. The maximum absolute atomic E-state index is 12.0. The molecule has 1 aliphatic rings. The minimum atomic E-state index is -0.181. The molecule has 1 amide bonds. The minimum absolute atomic E-state index is 0.0808. The van der Waals surface area contributed by atoms with Crippen molar-refractivity contribution in [2.24, 2.45) is 0 Å². The van der Waals surface area contributed by atoms with Gasteiger partial charge in [-0.15, -0.1) is 0 Å². The van der Waals surface area contributed by atoms with E-state index in [0.717, 1.165) is 37.3 Å². The second-order valence-corrected chi connectivity index (χ2v) is 7.29. The van der Waals surface area contributed by atoms with Gasteiger partial charge in [-0.1, -0.05) is 0 Å². The number of nitrogens with zero attached hydrogens (tertiary/aromatic N) is 3. The van der Waals surface area contributed by atoms with Crippen molar-refractivity contribution in [1.29, 1.82) is 0 Å². The zero-order valence-corrected chi connectivity index (χ0v) is 14.8. The first-order chi connectivity index (χ1) is 10.7. The Labute approximate surface area is 138 Å². The van der Waals surface area contributed by atoms with Crippen LogP contribution in [-0.2, 0) is 4.79 Å². The van der Waals surface area contributed by atoms with Gasteiger partial charge in [-0.05, 0) is 47.5 Å². The predicted molar refractivity (Wildman–Crippen MR) is 89.5 cm³/mol. The largest absolute Gasteiger partial charge is 0.473 e. The average molecular weight is 320 g/mol. The number of carbonyl (C=O) groups excluding carboxylic acids is 1. The topological polar surface area (TPSA) is 67.3 Å². The summed E-state index contributed by atoms with van der Waals surface area (Å²) in [4.78, 5) is 22.8. The van der Waals surface area contributed by atoms with Crippen LogP contribution in [0.4, 0.5) is 0 Å². The normalized spacial score (nSPS) is 17.1. The number of piperidine rings is 1. The highest BCUT2D eigenvalue weighted by Crippen LogP contribution is 2.19. The first kappa shape index (κ1) is 17.7. The third kappa shape index (κ3) is 5.78. The lowest BCUT2D eigenvalue weighted by Crippen LogP contribution is -2.48. The summed E-state index contributed by atoms with van der Waals surface area (Å²) in [6, 6.07) is 0. The van der Waals surface area contributed by atoms with Crippen molar-refractivity contribution in [1.82, 2.24) is 20.2 Å². The standard InChI is InChI=1S/C17H28N4O2/c1-12-10-18-13(2)16(19-12)23-14-6-8-21(9-7-14)11-15(22)20-17(3,4)5/h10,14H,6-9,11H2,1-5H3,(H,20,22). The Bertz CT molecular complexity index is 546. The van der Waals surface area contributed by atoms with E-state index in [1.165, 1.54) is 0 Å². The van der Waals surface area contributed by atoms with E-state index >= 15 is 0 Å². The third-order valence-corrected chi connectivity index (χ3v) is 3.73. The molecule has 1 saturated heterocycles. The summed E-state index contributed by atoms with van der Waals surface area (Å²) in [6.07, 6.45) is 3.70. The lowest BCUT2D eigenvalue weighted by atomic mass is 10.1. The fourth-order valence-corrected chi connectivity index (χ4v) is 2.63. The van der Waals surface area contributed by atoms with Gasteiger partial charge in [0.2, 0.25) is 11.8 Å². The van der Waals surface area contributed by atoms with E-state index in [4.69, 9.17) is 4.74 Å². The molecule has 1 fully saturated rings. The number of aromatic nitrogens is 2. The third-order valence-electron chi connectivity index (χ3n) is 3.73. The van der Waals surface area contributed by atoms with Crippen LogP contribution >= 0.6 is 0 Å². The highest BCUT2D eigenvalue weighted by Gasteiger charge is 2.24. The molecule has 1 aliphatic heterocycles. The number of amides is 1. The van der Waals surface area contributed by atoms with Crippen molar-refractivity contribution in [2.45, 2.75) is 59.1 Å². The molecule has 6 nitrogen and oxygen atoms in total. The molecule has 128 valence electrons. The van der Waals surface area contributed by atoms with Crippen LogP contribution in [0, 0.1) is 13.8 Å². The van der Waals surface area contributed by atoms with Crippen LogP contribution in [0.1, 0.15) is 45.0 Å². The molecule has 2 heterocycles. The van der Waals surface area contributed by atoms with Crippen LogP contribution in [0.25, 0.3) is 0 Å². The highest BCUT2D eigenvalue weighted by molar-refractivity contribution is 5.78. The molecular weight excluding hydrogens is 292 g/mol. The quantitative estimate of drug-likeness (QED) is 0.917. The maximum Gasteiger partial charge on any atom is 0.235 e. The van der Waals surface area contributed by atoms with Gasteiger partial charge in [0.15, 0.2) is 0 Å². The highest BCUT2D eigenvalue weighted by atomic mass is 16.5. The molecule has 0 bridgehead atoms. The molecule has 0 aliphatic carbocycles. The van der Waals surface area contributed by atoms with Gasteiger partial charge < -0.3 is 10.1 Å². The van der Waals surface area contributed by atoms with Gasteiger partial charge >= 0.3 is 0 Å². The number of nitrogens with one attached hydrogen (secondary N) is 1. The van der Waals surface area contributed by atoms with Crippen LogP contribution < -0.4 is 10.1 Å². The number of ether oxygens (including phenoxy) is 1. The molecule has 0 atom stereocenters. The molecule has 1 N–H and O–H groups in total. The van der Waals surface area contributed by atoms with Crippen molar-refractivity contribution >= 4 is 5.91 Å². The number of hydrogen-bond acceptors (Lipinski definition) is 5. The molecule has 0 radical (unpaired) electrons. The molecule has 0 saturated carbocycles.